The molecule has 0 radical (unpaired) electrons. The molecule has 0 aliphatic heterocycles. The Balaban J connectivity index is 2.04. The van der Waals surface area contributed by atoms with E-state index in [1.54, 1.807) is 24.3 Å². The van der Waals surface area contributed by atoms with Crippen molar-refractivity contribution in [2.24, 2.45) is 0 Å². The van der Waals surface area contributed by atoms with Crippen molar-refractivity contribution in [2.45, 2.75) is 11.8 Å². The number of hydrogen-bond acceptors (Lipinski definition) is 3. The van der Waals surface area contributed by atoms with Crippen molar-refractivity contribution in [1.29, 1.82) is 0 Å². The van der Waals surface area contributed by atoms with Gasteiger partial charge in [-0.2, -0.15) is 0 Å². The zero-order chi connectivity index (χ0) is 17.0. The van der Waals surface area contributed by atoms with Crippen molar-refractivity contribution < 1.29 is 13.2 Å². The standard InChI is InChI=1S/C15H14Br2N2O3S/c1-10-7-11(16)8-13(17)15(10)19-14(20)9-18-23(21,22)12-5-3-2-4-6-12/h2-8,18H,9H2,1H3,(H,19,20). The number of amides is 1. The molecule has 0 aliphatic rings. The third-order valence-corrected chi connectivity index (χ3v) is 5.49. The Bertz CT molecular complexity index is 801. The van der Waals surface area contributed by atoms with Crippen molar-refractivity contribution in [3.8, 4) is 0 Å². The molecule has 2 N–H and O–H groups in total. The van der Waals surface area contributed by atoms with E-state index < -0.39 is 15.9 Å². The summed E-state index contributed by atoms with van der Waals surface area (Å²) in [4.78, 5) is 12.1. The van der Waals surface area contributed by atoms with Gasteiger partial charge in [-0.05, 0) is 52.7 Å². The van der Waals surface area contributed by atoms with Crippen LogP contribution in [0.5, 0.6) is 0 Å². The molecule has 2 rings (SSSR count). The highest BCUT2D eigenvalue weighted by Gasteiger charge is 2.16. The molecule has 0 fully saturated rings. The molecule has 0 unspecified atom stereocenters. The molecule has 0 aromatic heterocycles. The smallest absolute Gasteiger partial charge is 0.241 e. The van der Waals surface area contributed by atoms with Crippen molar-refractivity contribution in [3.63, 3.8) is 0 Å². The lowest BCUT2D eigenvalue weighted by Gasteiger charge is -2.12. The Morgan fingerprint density at radius 1 is 1.13 bits per heavy atom. The second kappa shape index (κ2) is 7.57. The SMILES string of the molecule is Cc1cc(Br)cc(Br)c1NC(=O)CNS(=O)(=O)c1ccccc1. The fourth-order valence-electron chi connectivity index (χ4n) is 1.89. The maximum atomic E-state index is 12.1. The van der Waals surface area contributed by atoms with E-state index in [2.05, 4.69) is 41.9 Å². The number of nitrogens with one attached hydrogen (secondary N) is 2. The molecule has 0 atom stereocenters. The molecule has 0 saturated heterocycles. The van der Waals surface area contributed by atoms with Crippen LogP contribution in [-0.2, 0) is 14.8 Å². The van der Waals surface area contributed by atoms with Crippen LogP contribution in [0.25, 0.3) is 0 Å². The van der Waals surface area contributed by atoms with Crippen LogP contribution in [0, 0.1) is 6.92 Å². The van der Waals surface area contributed by atoms with Gasteiger partial charge in [0.1, 0.15) is 0 Å². The number of benzene rings is 2. The van der Waals surface area contributed by atoms with E-state index in [0.29, 0.717) is 10.2 Å². The number of carbonyl (C=O) groups excluding carboxylic acids is 1. The topological polar surface area (TPSA) is 75.3 Å². The predicted octanol–water partition coefficient (Wildman–Crippen LogP) is 3.44. The molecular weight excluding hydrogens is 448 g/mol. The normalized spacial score (nSPS) is 11.3. The maximum Gasteiger partial charge on any atom is 0.241 e. The number of hydrogen-bond donors (Lipinski definition) is 2. The minimum atomic E-state index is -3.70. The molecule has 0 saturated carbocycles. The molecule has 2 aromatic rings. The lowest BCUT2D eigenvalue weighted by molar-refractivity contribution is -0.115. The first-order chi connectivity index (χ1) is 10.8. The molecule has 0 bridgehead atoms. The summed E-state index contributed by atoms with van der Waals surface area (Å²) in [6, 6.07) is 11.6. The summed E-state index contributed by atoms with van der Waals surface area (Å²) in [5.74, 6) is -0.448. The monoisotopic (exact) mass is 460 g/mol. The lowest BCUT2D eigenvalue weighted by atomic mass is 10.2. The van der Waals surface area contributed by atoms with E-state index in [1.807, 2.05) is 13.0 Å². The number of rotatable bonds is 5. The van der Waals surface area contributed by atoms with Crippen LogP contribution in [-0.4, -0.2) is 20.9 Å². The van der Waals surface area contributed by atoms with Gasteiger partial charge in [0.25, 0.3) is 0 Å². The van der Waals surface area contributed by atoms with Gasteiger partial charge in [0.05, 0.1) is 17.1 Å². The first kappa shape index (κ1) is 18.1. The van der Waals surface area contributed by atoms with Gasteiger partial charge in [-0.15, -0.1) is 0 Å². The van der Waals surface area contributed by atoms with Crippen molar-refractivity contribution >= 4 is 53.5 Å². The van der Waals surface area contributed by atoms with Crippen LogP contribution in [0.15, 0.2) is 56.3 Å². The second-order valence-corrected chi connectivity index (χ2v) is 8.30. The van der Waals surface area contributed by atoms with Gasteiger partial charge in [-0.1, -0.05) is 34.1 Å². The van der Waals surface area contributed by atoms with Crippen LogP contribution in [0.3, 0.4) is 0 Å². The minimum Gasteiger partial charge on any atom is -0.324 e. The summed E-state index contributed by atoms with van der Waals surface area (Å²) in [6.07, 6.45) is 0. The lowest BCUT2D eigenvalue weighted by Crippen LogP contribution is -2.33. The van der Waals surface area contributed by atoms with Crippen LogP contribution in [0.1, 0.15) is 5.56 Å². The quantitative estimate of drug-likeness (QED) is 0.716. The van der Waals surface area contributed by atoms with Gasteiger partial charge in [0, 0.05) is 8.95 Å². The van der Waals surface area contributed by atoms with Gasteiger partial charge >= 0.3 is 0 Å². The molecule has 8 heteroatoms. The third-order valence-electron chi connectivity index (χ3n) is 2.99. The zero-order valence-electron chi connectivity index (χ0n) is 12.1. The summed E-state index contributed by atoms with van der Waals surface area (Å²) in [5.41, 5.74) is 1.46. The zero-order valence-corrected chi connectivity index (χ0v) is 16.1. The van der Waals surface area contributed by atoms with Gasteiger partial charge in [0.2, 0.25) is 15.9 Å². The van der Waals surface area contributed by atoms with Crippen LogP contribution in [0.4, 0.5) is 5.69 Å². The van der Waals surface area contributed by atoms with Crippen LogP contribution >= 0.6 is 31.9 Å². The molecule has 1 amide bonds. The Morgan fingerprint density at radius 3 is 2.39 bits per heavy atom. The molecule has 0 spiro atoms. The van der Waals surface area contributed by atoms with Gasteiger partial charge < -0.3 is 5.32 Å². The second-order valence-electron chi connectivity index (χ2n) is 4.77. The number of halogens is 2. The Kier molecular flexibility index (Phi) is 5.96. The summed E-state index contributed by atoms with van der Waals surface area (Å²) in [6.45, 7) is 1.50. The van der Waals surface area contributed by atoms with Crippen LogP contribution < -0.4 is 10.0 Å². The first-order valence-electron chi connectivity index (χ1n) is 6.60. The van der Waals surface area contributed by atoms with E-state index in [1.165, 1.54) is 12.1 Å². The van der Waals surface area contributed by atoms with Crippen molar-refractivity contribution in [2.75, 3.05) is 11.9 Å². The molecule has 122 valence electrons. The molecule has 5 nitrogen and oxygen atoms in total. The van der Waals surface area contributed by atoms with Gasteiger partial charge in [0.15, 0.2) is 0 Å². The van der Waals surface area contributed by atoms with E-state index in [-0.39, 0.29) is 11.4 Å². The van der Waals surface area contributed by atoms with Gasteiger partial charge in [-0.25, -0.2) is 13.1 Å². The Hall–Kier alpha value is -1.22. The summed E-state index contributed by atoms with van der Waals surface area (Å²) >= 11 is 6.73. The molecule has 2 aromatic carbocycles. The molecule has 0 heterocycles. The first-order valence-corrected chi connectivity index (χ1v) is 9.67. The van der Waals surface area contributed by atoms with Gasteiger partial charge in [-0.3, -0.25) is 4.79 Å². The third kappa shape index (κ3) is 4.87. The summed E-state index contributed by atoms with van der Waals surface area (Å²) < 4.78 is 28.0. The van der Waals surface area contributed by atoms with E-state index >= 15 is 0 Å². The number of anilines is 1. The Labute approximate surface area is 151 Å². The van der Waals surface area contributed by atoms with Crippen LogP contribution in [0.2, 0.25) is 0 Å². The van der Waals surface area contributed by atoms with E-state index in [0.717, 1.165) is 10.0 Å². The largest absolute Gasteiger partial charge is 0.324 e. The number of carbonyl (C=O) groups is 1. The van der Waals surface area contributed by atoms with E-state index in [4.69, 9.17) is 0 Å². The highest BCUT2D eigenvalue weighted by Crippen LogP contribution is 2.30. The molecular formula is C15H14Br2N2O3S. The summed E-state index contributed by atoms with van der Waals surface area (Å²) in [7, 11) is -3.70. The number of aryl methyl sites for hydroxylation is 1. The van der Waals surface area contributed by atoms with E-state index in [9.17, 15) is 13.2 Å². The average molecular weight is 462 g/mol. The summed E-state index contributed by atoms with van der Waals surface area (Å²) in [5, 5.41) is 2.70. The van der Waals surface area contributed by atoms with Crippen molar-refractivity contribution in [3.05, 3.63) is 57.0 Å². The minimum absolute atomic E-state index is 0.119. The highest BCUT2D eigenvalue weighted by molar-refractivity contribution is 9.11. The fourth-order valence-corrected chi connectivity index (χ4v) is 4.43. The van der Waals surface area contributed by atoms with Crippen molar-refractivity contribution in [1.82, 2.24) is 4.72 Å². The average Bonchev–Trinajstić information content (AvgIpc) is 2.50. The maximum absolute atomic E-state index is 12.1. The fraction of sp³-hybridized carbons (Fsp3) is 0.133. The highest BCUT2D eigenvalue weighted by atomic mass is 79.9. The molecule has 23 heavy (non-hydrogen) atoms. The predicted molar refractivity (Wildman–Crippen MR) is 96.8 cm³/mol. The Morgan fingerprint density at radius 2 is 1.78 bits per heavy atom. The number of sulfonamides is 1. The molecule has 0 aliphatic carbocycles.